The summed E-state index contributed by atoms with van der Waals surface area (Å²) in [5.74, 6) is -6.86. The summed E-state index contributed by atoms with van der Waals surface area (Å²) in [5, 5.41) is 0. The Morgan fingerprint density at radius 3 is 1.14 bits per heavy atom. The van der Waals surface area contributed by atoms with E-state index in [-0.39, 0.29) is 68.8 Å². The van der Waals surface area contributed by atoms with E-state index in [2.05, 4.69) is 4.98 Å². The van der Waals surface area contributed by atoms with Crippen LogP contribution in [0.2, 0.25) is 0 Å². The van der Waals surface area contributed by atoms with Crippen LogP contribution in [-0.4, -0.2) is 149 Å². The van der Waals surface area contributed by atoms with Crippen LogP contribution in [0.3, 0.4) is 0 Å². The molecule has 76 heavy (non-hydrogen) atoms. The molecule has 416 valence electrons. The molecule has 1 fully saturated rings. The predicted molar refractivity (Wildman–Crippen MR) is 284 cm³/mol. The van der Waals surface area contributed by atoms with Crippen LogP contribution in [0.25, 0.3) is 0 Å². The standard InChI is InChI=1S/C58H81N5O13/c1-35(2)27-45-55(68)73-40(10)52(65)61(12)48(30-38(7)8)58(71)76-50(32-42-22-24-44(25-23-42)72-34-43-21-18-26-59-33-43)54(67)63(14)46(28-36(3)4)56(69)74-39(9)51(64)60(11)47(29-37(5)6)57(70)75-49(53(66)62(45)13)31-41-19-16-15-17-20-41/h15-26,33,35-40,45-50H,27-32,34H2,1-14H3/t39-,40-,45+,46+,47+,48+,49-,50-/m1/s1. The first-order valence-electron chi connectivity index (χ1n) is 26.3. The first-order chi connectivity index (χ1) is 35.8. The fraction of sp³-hybridized carbons (Fsp3) is 0.569. The van der Waals surface area contributed by atoms with Gasteiger partial charge in [-0.2, -0.15) is 0 Å². The summed E-state index contributed by atoms with van der Waals surface area (Å²) in [6.07, 6.45) is -2.53. The smallest absolute Gasteiger partial charge is 0.329 e. The average molecular weight is 1060 g/mol. The molecule has 18 nitrogen and oxygen atoms in total. The molecule has 8 atom stereocenters. The van der Waals surface area contributed by atoms with Crippen LogP contribution in [0.4, 0.5) is 0 Å². The number of cyclic esters (lactones) is 4. The minimum absolute atomic E-state index is 0.0802. The van der Waals surface area contributed by atoms with Crippen molar-refractivity contribution in [1.29, 1.82) is 0 Å². The van der Waals surface area contributed by atoms with E-state index in [9.17, 15) is 38.4 Å². The van der Waals surface area contributed by atoms with Crippen molar-refractivity contribution in [2.45, 2.75) is 163 Å². The number of likely N-dealkylation sites (N-methyl/N-ethyl adjacent to an activating group) is 4. The Morgan fingerprint density at radius 1 is 0.447 bits per heavy atom. The van der Waals surface area contributed by atoms with Crippen molar-refractivity contribution in [2.24, 2.45) is 23.7 Å². The quantitative estimate of drug-likeness (QED) is 0.116. The van der Waals surface area contributed by atoms with Crippen molar-refractivity contribution >= 4 is 47.5 Å². The van der Waals surface area contributed by atoms with Crippen molar-refractivity contribution in [3.63, 3.8) is 0 Å². The summed E-state index contributed by atoms with van der Waals surface area (Å²) >= 11 is 0. The van der Waals surface area contributed by atoms with Gasteiger partial charge in [-0.1, -0.05) is 104 Å². The fourth-order valence-corrected chi connectivity index (χ4v) is 8.89. The molecule has 0 bridgehead atoms. The second-order valence-electron chi connectivity index (χ2n) is 21.6. The van der Waals surface area contributed by atoms with E-state index in [0.717, 1.165) is 25.2 Å². The van der Waals surface area contributed by atoms with Gasteiger partial charge in [0.25, 0.3) is 23.6 Å². The van der Waals surface area contributed by atoms with E-state index in [1.807, 2.05) is 61.5 Å². The summed E-state index contributed by atoms with van der Waals surface area (Å²) in [6, 6.07) is 14.3. The van der Waals surface area contributed by atoms with E-state index in [1.165, 1.54) is 42.0 Å². The van der Waals surface area contributed by atoms with E-state index in [1.54, 1.807) is 73.1 Å². The van der Waals surface area contributed by atoms with E-state index in [4.69, 9.17) is 23.7 Å². The third-order valence-corrected chi connectivity index (χ3v) is 13.2. The van der Waals surface area contributed by atoms with Gasteiger partial charge in [0.1, 0.15) is 36.5 Å². The molecule has 1 aromatic heterocycles. The van der Waals surface area contributed by atoms with Crippen LogP contribution in [0.1, 0.15) is 112 Å². The SMILES string of the molecule is CC(C)C[C@H]1C(=O)O[C@H](Cc2ccc(OCc3cccnc3)cc2)C(=O)N(C)[C@@H](CC(C)C)C(=O)O[C@H](C)C(=O)N(C)[C@@H](CC(C)C)C(=O)O[C@H](Cc2ccccc2)C(=O)N(C)[C@@H](CC(C)C)C(=O)O[C@H](C)C(=O)N1C. The summed E-state index contributed by atoms with van der Waals surface area (Å²) in [7, 11) is 5.54. The number of amides is 4. The Kier molecular flexibility index (Phi) is 23.4. The van der Waals surface area contributed by atoms with Gasteiger partial charge in [0, 0.05) is 59.0 Å². The zero-order valence-corrected chi connectivity index (χ0v) is 46.9. The van der Waals surface area contributed by atoms with Crippen molar-refractivity contribution in [3.05, 3.63) is 95.8 Å². The molecule has 1 aliphatic heterocycles. The van der Waals surface area contributed by atoms with Gasteiger partial charge in [-0.3, -0.25) is 24.2 Å². The molecule has 0 aliphatic carbocycles. The predicted octanol–water partition coefficient (Wildman–Crippen LogP) is 6.64. The van der Waals surface area contributed by atoms with Crippen LogP contribution < -0.4 is 4.74 Å². The highest BCUT2D eigenvalue weighted by Gasteiger charge is 2.43. The van der Waals surface area contributed by atoms with Gasteiger partial charge in [0.05, 0.1) is 0 Å². The molecule has 0 radical (unpaired) electrons. The lowest BCUT2D eigenvalue weighted by molar-refractivity contribution is -0.176. The molecule has 4 amide bonds. The molecular weight excluding hydrogens is 975 g/mol. The number of esters is 4. The number of nitrogens with zero attached hydrogens (tertiary/aromatic N) is 5. The van der Waals surface area contributed by atoms with Gasteiger partial charge in [-0.05, 0) is 92.5 Å². The van der Waals surface area contributed by atoms with Gasteiger partial charge in [-0.15, -0.1) is 0 Å². The third kappa shape index (κ3) is 17.9. The number of rotatable bonds is 15. The third-order valence-electron chi connectivity index (χ3n) is 13.2. The zero-order chi connectivity index (χ0) is 56.6. The Labute approximate surface area is 449 Å². The first kappa shape index (κ1) is 61.7. The highest BCUT2D eigenvalue weighted by Crippen LogP contribution is 2.25. The maximum atomic E-state index is 14.9. The van der Waals surface area contributed by atoms with E-state index in [0.29, 0.717) is 16.9 Å². The molecule has 2 aromatic carbocycles. The highest BCUT2D eigenvalue weighted by atomic mass is 16.6. The Balaban J connectivity index is 1.84. The molecule has 4 rings (SSSR count). The Morgan fingerprint density at radius 2 is 0.789 bits per heavy atom. The Bertz CT molecular complexity index is 2400. The van der Waals surface area contributed by atoms with Crippen molar-refractivity contribution in [2.75, 3.05) is 28.2 Å². The molecule has 0 saturated carbocycles. The number of ether oxygens (including phenoxy) is 5. The van der Waals surface area contributed by atoms with E-state index < -0.39 is 96.1 Å². The lowest BCUT2D eigenvalue weighted by atomic mass is 10.00. The Hall–Kier alpha value is -6.85. The number of aromatic nitrogens is 1. The lowest BCUT2D eigenvalue weighted by Crippen LogP contribution is -2.55. The summed E-state index contributed by atoms with van der Waals surface area (Å²) in [5.41, 5.74) is 2.06. The minimum Gasteiger partial charge on any atom is -0.489 e. The summed E-state index contributed by atoms with van der Waals surface area (Å²) < 4.78 is 29.9. The fourth-order valence-electron chi connectivity index (χ4n) is 8.89. The second kappa shape index (κ2) is 28.9. The summed E-state index contributed by atoms with van der Waals surface area (Å²) in [6.45, 7) is 17.7. The van der Waals surface area contributed by atoms with Crippen LogP contribution in [0.5, 0.6) is 5.75 Å². The van der Waals surface area contributed by atoms with Crippen molar-refractivity contribution in [3.8, 4) is 5.75 Å². The van der Waals surface area contributed by atoms with Crippen LogP contribution in [0, 0.1) is 23.7 Å². The number of hydrogen-bond acceptors (Lipinski definition) is 14. The molecule has 18 heteroatoms. The van der Waals surface area contributed by atoms with Gasteiger partial charge >= 0.3 is 23.9 Å². The molecule has 0 unspecified atom stereocenters. The highest BCUT2D eigenvalue weighted by molar-refractivity contribution is 5.94. The second-order valence-corrected chi connectivity index (χ2v) is 21.6. The normalized spacial score (nSPS) is 23.7. The minimum atomic E-state index is -1.55. The van der Waals surface area contributed by atoms with Crippen molar-refractivity contribution in [1.82, 2.24) is 24.6 Å². The van der Waals surface area contributed by atoms with Crippen LogP contribution >= 0.6 is 0 Å². The van der Waals surface area contributed by atoms with Crippen LogP contribution in [0.15, 0.2) is 79.1 Å². The van der Waals surface area contributed by atoms with Crippen LogP contribution in [-0.2, 0) is 76.8 Å². The molecule has 1 saturated heterocycles. The monoisotopic (exact) mass is 1060 g/mol. The summed E-state index contributed by atoms with van der Waals surface area (Å²) in [4.78, 5) is 125. The molecule has 1 aliphatic rings. The lowest BCUT2D eigenvalue weighted by Gasteiger charge is -2.35. The maximum absolute atomic E-state index is 14.9. The first-order valence-corrected chi connectivity index (χ1v) is 26.3. The molecule has 0 spiro atoms. The maximum Gasteiger partial charge on any atom is 0.329 e. The zero-order valence-electron chi connectivity index (χ0n) is 46.9. The number of hydrogen-bond donors (Lipinski definition) is 0. The number of benzene rings is 2. The van der Waals surface area contributed by atoms with Gasteiger partial charge in [0.15, 0.2) is 24.4 Å². The average Bonchev–Trinajstić information content (AvgIpc) is 3.37. The van der Waals surface area contributed by atoms with Crippen molar-refractivity contribution < 1.29 is 62.0 Å². The van der Waals surface area contributed by atoms with Gasteiger partial charge in [-0.25, -0.2) is 19.2 Å². The van der Waals surface area contributed by atoms with Gasteiger partial charge < -0.3 is 43.3 Å². The van der Waals surface area contributed by atoms with Gasteiger partial charge in [0.2, 0.25) is 0 Å². The molecule has 3 aromatic rings. The number of carbonyl (C=O) groups is 8. The molecular formula is C58H81N5O13. The topological polar surface area (TPSA) is 209 Å². The number of pyridine rings is 1. The number of carbonyl (C=O) groups excluding carboxylic acids is 8. The molecule has 0 N–H and O–H groups in total. The largest absolute Gasteiger partial charge is 0.489 e. The molecule has 2 heterocycles. The van der Waals surface area contributed by atoms with E-state index >= 15 is 0 Å².